The predicted molar refractivity (Wildman–Crippen MR) is 215 cm³/mol. The highest BCUT2D eigenvalue weighted by Crippen LogP contribution is 2.48. The maximum absolute atomic E-state index is 5.35. The van der Waals surface area contributed by atoms with E-state index in [2.05, 4.69) is 159 Å². The number of hydrogen-bond donors (Lipinski definition) is 0. The Labute approximate surface area is 303 Å². The summed E-state index contributed by atoms with van der Waals surface area (Å²) >= 11 is 1.68. The number of fused-ring (bicyclic) bond motifs is 3. The van der Waals surface area contributed by atoms with E-state index in [1.807, 2.05) is 36.4 Å². The average molecular weight is 679 g/mol. The van der Waals surface area contributed by atoms with Crippen molar-refractivity contribution in [2.24, 2.45) is 0 Å². The third-order valence-electron chi connectivity index (χ3n) is 10.1. The van der Waals surface area contributed by atoms with E-state index in [9.17, 15) is 0 Å². The van der Waals surface area contributed by atoms with Crippen LogP contribution in [0, 0.1) is 0 Å². The van der Waals surface area contributed by atoms with Crippen molar-refractivity contribution in [2.45, 2.75) is 31.7 Å². The molecular weight excluding hydrogens is 641 g/mol. The molecule has 248 valence electrons. The third-order valence-corrected chi connectivity index (χ3v) is 11.0. The fourth-order valence-corrected chi connectivity index (χ4v) is 7.87. The molecule has 1 aliphatic rings. The van der Waals surface area contributed by atoms with Gasteiger partial charge in [0, 0.05) is 32.3 Å². The SMILES string of the molecule is C=C1/C=C\C(C)(n2c3ccccc3c3ccc(-c4ccccc4)cc32)C(C)(c2nc(-c3ccccc3)nc(-c3ccccc3)n2)/C=C\C=C(/C)S1. The second kappa shape index (κ2) is 13.2. The molecule has 2 aromatic heterocycles. The van der Waals surface area contributed by atoms with Crippen LogP contribution in [0.5, 0.6) is 0 Å². The van der Waals surface area contributed by atoms with E-state index in [0.29, 0.717) is 17.5 Å². The Kier molecular flexibility index (Phi) is 8.37. The highest BCUT2D eigenvalue weighted by Gasteiger charge is 2.48. The number of thioether (sulfide) groups is 1. The van der Waals surface area contributed by atoms with Crippen LogP contribution >= 0.6 is 11.8 Å². The fraction of sp³-hybridized carbons (Fsp3) is 0.109. The number of hydrogen-bond acceptors (Lipinski definition) is 4. The van der Waals surface area contributed by atoms with Crippen LogP contribution in [0.1, 0.15) is 26.6 Å². The van der Waals surface area contributed by atoms with E-state index >= 15 is 0 Å². The first-order valence-corrected chi connectivity index (χ1v) is 18.0. The van der Waals surface area contributed by atoms with Crippen molar-refractivity contribution >= 4 is 33.6 Å². The van der Waals surface area contributed by atoms with Crippen LogP contribution in [0.3, 0.4) is 0 Å². The van der Waals surface area contributed by atoms with Crippen molar-refractivity contribution in [3.8, 4) is 33.9 Å². The van der Waals surface area contributed by atoms with Gasteiger partial charge in [-0.05, 0) is 48.9 Å². The van der Waals surface area contributed by atoms with E-state index in [1.54, 1.807) is 11.8 Å². The Hall–Kier alpha value is -5.78. The molecule has 2 atom stereocenters. The molecule has 0 N–H and O–H groups in total. The highest BCUT2D eigenvalue weighted by atomic mass is 32.2. The van der Waals surface area contributed by atoms with Crippen LogP contribution in [0.2, 0.25) is 0 Å². The van der Waals surface area contributed by atoms with Crippen molar-refractivity contribution in [3.05, 3.63) is 186 Å². The molecule has 0 saturated carbocycles. The number of aromatic nitrogens is 4. The lowest BCUT2D eigenvalue weighted by molar-refractivity contribution is 0.273. The van der Waals surface area contributed by atoms with Crippen molar-refractivity contribution in [3.63, 3.8) is 0 Å². The second-order valence-electron chi connectivity index (χ2n) is 13.4. The van der Waals surface area contributed by atoms with Crippen LogP contribution in [0.15, 0.2) is 180 Å². The molecule has 0 bridgehead atoms. The smallest absolute Gasteiger partial charge is 0.163 e. The van der Waals surface area contributed by atoms with Crippen LogP contribution in [0.4, 0.5) is 0 Å². The van der Waals surface area contributed by atoms with Gasteiger partial charge in [-0.25, -0.2) is 15.0 Å². The maximum Gasteiger partial charge on any atom is 0.163 e. The predicted octanol–water partition coefficient (Wildman–Crippen LogP) is 11.9. The first kappa shape index (κ1) is 32.4. The normalized spacial score (nSPS) is 21.6. The van der Waals surface area contributed by atoms with Gasteiger partial charge in [-0.2, -0.15) is 0 Å². The standard InChI is InChI=1S/C46H38N4S/c1-32-17-16-29-45(3,44-48-42(35-20-10-6-11-21-35)47-43(49-44)36-22-12-7-13-23-36)46(4,30-28-33(2)51-32)50-40-25-15-14-24-38(40)39-27-26-37(31-41(39)50)34-18-8-5-9-19-34/h5-31H,2H2,1,3-4H3/b29-16-,30-28-,32-17+. The molecule has 0 saturated heterocycles. The summed E-state index contributed by atoms with van der Waals surface area (Å²) < 4.78 is 2.50. The third kappa shape index (κ3) is 5.84. The molecule has 0 radical (unpaired) electrons. The molecule has 8 rings (SSSR count). The van der Waals surface area contributed by atoms with E-state index in [1.165, 1.54) is 16.3 Å². The molecule has 0 aliphatic carbocycles. The minimum atomic E-state index is -0.796. The topological polar surface area (TPSA) is 43.6 Å². The molecule has 0 amide bonds. The molecule has 5 aromatic carbocycles. The molecule has 1 aliphatic heterocycles. The summed E-state index contributed by atoms with van der Waals surface area (Å²) in [6.07, 6.45) is 11.1. The Bertz CT molecular complexity index is 2440. The van der Waals surface area contributed by atoms with E-state index in [4.69, 9.17) is 15.0 Å². The summed E-state index contributed by atoms with van der Waals surface area (Å²) in [4.78, 5) is 17.9. The van der Waals surface area contributed by atoms with Crippen LogP contribution < -0.4 is 0 Å². The summed E-state index contributed by atoms with van der Waals surface area (Å²) in [6.45, 7) is 11.1. The lowest BCUT2D eigenvalue weighted by Crippen LogP contribution is -2.48. The van der Waals surface area contributed by atoms with Gasteiger partial charge in [0.15, 0.2) is 11.6 Å². The monoisotopic (exact) mass is 678 g/mol. The molecular formula is C46H38N4S. The molecule has 4 nitrogen and oxygen atoms in total. The molecule has 3 heterocycles. The number of rotatable bonds is 5. The average Bonchev–Trinajstić information content (AvgIpc) is 3.51. The van der Waals surface area contributed by atoms with Crippen LogP contribution in [-0.4, -0.2) is 19.5 Å². The van der Waals surface area contributed by atoms with Crippen LogP contribution in [0.25, 0.3) is 55.7 Å². The van der Waals surface area contributed by atoms with Gasteiger partial charge in [-0.3, -0.25) is 0 Å². The van der Waals surface area contributed by atoms with E-state index < -0.39 is 11.0 Å². The minimum Gasteiger partial charge on any atom is -0.330 e. The number of benzene rings is 5. The van der Waals surface area contributed by atoms with Gasteiger partial charge in [0.25, 0.3) is 0 Å². The largest absolute Gasteiger partial charge is 0.330 e. The number of nitrogens with zero attached hydrogens (tertiary/aromatic N) is 4. The van der Waals surface area contributed by atoms with Crippen LogP contribution in [-0.2, 0) is 11.0 Å². The Balaban J connectivity index is 1.48. The Morgan fingerprint density at radius 3 is 1.80 bits per heavy atom. The summed E-state index contributed by atoms with van der Waals surface area (Å²) in [5.74, 6) is 1.95. The molecule has 2 unspecified atom stereocenters. The van der Waals surface area contributed by atoms with Gasteiger partial charge in [-0.1, -0.05) is 170 Å². The van der Waals surface area contributed by atoms with E-state index in [0.717, 1.165) is 37.5 Å². The van der Waals surface area contributed by atoms with Gasteiger partial charge in [0.05, 0.1) is 16.5 Å². The molecule has 0 spiro atoms. The van der Waals surface area contributed by atoms with Gasteiger partial charge < -0.3 is 4.57 Å². The first-order valence-electron chi connectivity index (χ1n) is 17.2. The van der Waals surface area contributed by atoms with Crippen molar-refractivity contribution in [1.29, 1.82) is 0 Å². The van der Waals surface area contributed by atoms with E-state index in [-0.39, 0.29) is 0 Å². The summed E-state index contributed by atoms with van der Waals surface area (Å²) in [5.41, 5.74) is 4.93. The maximum atomic E-state index is 5.35. The minimum absolute atomic E-state index is 0.637. The first-order chi connectivity index (χ1) is 24.8. The van der Waals surface area contributed by atoms with Gasteiger partial charge in [0.2, 0.25) is 0 Å². The molecule has 51 heavy (non-hydrogen) atoms. The molecule has 7 aromatic rings. The summed E-state index contributed by atoms with van der Waals surface area (Å²) in [5, 5.41) is 2.39. The fourth-order valence-electron chi connectivity index (χ4n) is 7.18. The lowest BCUT2D eigenvalue weighted by Gasteiger charge is -2.44. The zero-order valence-electron chi connectivity index (χ0n) is 29.0. The van der Waals surface area contributed by atoms with Gasteiger partial charge in [-0.15, -0.1) is 0 Å². The van der Waals surface area contributed by atoms with Gasteiger partial charge >= 0.3 is 0 Å². The van der Waals surface area contributed by atoms with Crippen molar-refractivity contribution in [1.82, 2.24) is 19.5 Å². The second-order valence-corrected chi connectivity index (χ2v) is 14.7. The number of para-hydroxylation sites is 1. The Morgan fingerprint density at radius 1 is 0.588 bits per heavy atom. The quantitative estimate of drug-likeness (QED) is 0.182. The van der Waals surface area contributed by atoms with Crippen molar-refractivity contribution < 1.29 is 0 Å². The summed E-state index contributed by atoms with van der Waals surface area (Å²) in [7, 11) is 0. The summed E-state index contributed by atoms with van der Waals surface area (Å²) in [6, 6.07) is 46.5. The van der Waals surface area contributed by atoms with Gasteiger partial charge in [0.1, 0.15) is 5.82 Å². The van der Waals surface area contributed by atoms with Crippen molar-refractivity contribution in [2.75, 3.05) is 0 Å². The Morgan fingerprint density at radius 2 is 1.16 bits per heavy atom. The zero-order chi connectivity index (χ0) is 35.0. The zero-order valence-corrected chi connectivity index (χ0v) is 29.8. The molecule has 0 fully saturated rings. The molecule has 5 heteroatoms. The lowest BCUT2D eigenvalue weighted by atomic mass is 9.69. The number of allylic oxidation sites excluding steroid dienone is 6. The highest BCUT2D eigenvalue weighted by molar-refractivity contribution is 8.06.